The fraction of sp³-hybridized carbons (Fsp3) is 0.333. The summed E-state index contributed by atoms with van der Waals surface area (Å²) in [6, 6.07) is 2.98. The number of benzene rings is 1. The molecule has 2 rings (SSSR count). The summed E-state index contributed by atoms with van der Waals surface area (Å²) < 4.78 is 23.3. The third kappa shape index (κ3) is 1.51. The summed E-state index contributed by atoms with van der Waals surface area (Å²) in [5.41, 5.74) is 3.46. The zero-order valence-electron chi connectivity index (χ0n) is 7.67. The summed E-state index contributed by atoms with van der Waals surface area (Å²) in [5.74, 6) is 0.230. The molecule has 76 valence electrons. The van der Waals surface area contributed by atoms with Crippen molar-refractivity contribution in [2.75, 3.05) is 13.9 Å². The standard InChI is InChI=1S/C9H10FNO3/c1-12-11-4-6-2-3-7(10)9-8(6)13-5-14-9/h2-3,11H,4-5H2,1H3. The topological polar surface area (TPSA) is 39.7 Å². The van der Waals surface area contributed by atoms with Gasteiger partial charge in [-0.3, -0.25) is 0 Å². The van der Waals surface area contributed by atoms with Gasteiger partial charge in [0, 0.05) is 12.1 Å². The predicted molar refractivity (Wildman–Crippen MR) is 46.4 cm³/mol. The first-order valence-electron chi connectivity index (χ1n) is 4.15. The molecule has 0 spiro atoms. The Labute approximate surface area is 80.5 Å². The highest BCUT2D eigenvalue weighted by molar-refractivity contribution is 5.49. The Morgan fingerprint density at radius 2 is 2.21 bits per heavy atom. The van der Waals surface area contributed by atoms with Crippen molar-refractivity contribution in [3.63, 3.8) is 0 Å². The number of hydrogen-bond acceptors (Lipinski definition) is 4. The first kappa shape index (κ1) is 9.23. The minimum Gasteiger partial charge on any atom is -0.453 e. The number of hydrogen-bond donors (Lipinski definition) is 1. The molecule has 14 heavy (non-hydrogen) atoms. The van der Waals surface area contributed by atoms with Crippen molar-refractivity contribution in [1.82, 2.24) is 5.48 Å². The minimum absolute atomic E-state index is 0.0657. The van der Waals surface area contributed by atoms with Gasteiger partial charge in [-0.2, -0.15) is 5.48 Å². The Morgan fingerprint density at radius 3 is 3.00 bits per heavy atom. The van der Waals surface area contributed by atoms with Crippen molar-refractivity contribution in [3.05, 3.63) is 23.5 Å². The Kier molecular flexibility index (Phi) is 2.51. The molecule has 1 aromatic carbocycles. The van der Waals surface area contributed by atoms with E-state index in [1.54, 1.807) is 6.07 Å². The van der Waals surface area contributed by atoms with Gasteiger partial charge in [-0.1, -0.05) is 6.07 Å². The van der Waals surface area contributed by atoms with Crippen LogP contribution in [0.25, 0.3) is 0 Å². The van der Waals surface area contributed by atoms with E-state index in [-0.39, 0.29) is 12.5 Å². The lowest BCUT2D eigenvalue weighted by atomic mass is 10.2. The van der Waals surface area contributed by atoms with E-state index in [2.05, 4.69) is 5.48 Å². The summed E-state index contributed by atoms with van der Waals surface area (Å²) in [4.78, 5) is 4.70. The lowest BCUT2D eigenvalue weighted by molar-refractivity contribution is 0.0858. The van der Waals surface area contributed by atoms with Gasteiger partial charge in [0.05, 0.1) is 7.11 Å². The van der Waals surface area contributed by atoms with Gasteiger partial charge in [0.25, 0.3) is 0 Å². The van der Waals surface area contributed by atoms with Crippen LogP contribution in [0.2, 0.25) is 0 Å². The average Bonchev–Trinajstić information content (AvgIpc) is 2.66. The zero-order chi connectivity index (χ0) is 9.97. The molecular weight excluding hydrogens is 189 g/mol. The third-order valence-corrected chi connectivity index (χ3v) is 1.96. The molecule has 1 heterocycles. The van der Waals surface area contributed by atoms with Crippen LogP contribution in [0.3, 0.4) is 0 Å². The van der Waals surface area contributed by atoms with Crippen LogP contribution in [0.4, 0.5) is 4.39 Å². The van der Waals surface area contributed by atoms with Gasteiger partial charge in [0.1, 0.15) is 0 Å². The Bertz CT molecular complexity index is 343. The van der Waals surface area contributed by atoms with Gasteiger partial charge in [-0.25, -0.2) is 4.39 Å². The highest BCUT2D eigenvalue weighted by Gasteiger charge is 2.21. The summed E-state index contributed by atoms with van der Waals surface area (Å²) in [7, 11) is 1.51. The van der Waals surface area contributed by atoms with Crippen LogP contribution in [-0.4, -0.2) is 13.9 Å². The van der Waals surface area contributed by atoms with E-state index in [4.69, 9.17) is 14.3 Å². The van der Waals surface area contributed by atoms with Gasteiger partial charge in [0.15, 0.2) is 11.6 Å². The molecule has 4 nitrogen and oxygen atoms in total. The molecule has 0 saturated heterocycles. The zero-order valence-corrected chi connectivity index (χ0v) is 7.67. The molecule has 5 heteroatoms. The normalized spacial score (nSPS) is 13.3. The molecule has 0 atom stereocenters. The lowest BCUT2D eigenvalue weighted by Crippen LogP contribution is -2.11. The van der Waals surface area contributed by atoms with E-state index >= 15 is 0 Å². The van der Waals surface area contributed by atoms with Crippen LogP contribution < -0.4 is 15.0 Å². The summed E-state index contributed by atoms with van der Waals surface area (Å²) in [6.07, 6.45) is 0. The second-order valence-corrected chi connectivity index (χ2v) is 2.80. The Balaban J connectivity index is 2.29. The summed E-state index contributed by atoms with van der Waals surface area (Å²) >= 11 is 0. The number of rotatable bonds is 3. The molecule has 1 aromatic rings. The highest BCUT2D eigenvalue weighted by atomic mass is 19.1. The minimum atomic E-state index is -0.404. The molecule has 0 fully saturated rings. The van der Waals surface area contributed by atoms with Gasteiger partial charge < -0.3 is 14.3 Å². The predicted octanol–water partition coefficient (Wildman–Crippen LogP) is 1.21. The maximum Gasteiger partial charge on any atom is 0.231 e. The van der Waals surface area contributed by atoms with Gasteiger partial charge in [-0.15, -0.1) is 0 Å². The van der Waals surface area contributed by atoms with Crippen LogP contribution in [0.5, 0.6) is 11.5 Å². The molecule has 0 radical (unpaired) electrons. The molecule has 1 aliphatic heterocycles. The molecule has 0 aromatic heterocycles. The van der Waals surface area contributed by atoms with Crippen LogP contribution in [0.1, 0.15) is 5.56 Å². The Hall–Kier alpha value is -1.33. The van der Waals surface area contributed by atoms with Crippen LogP contribution in [0.15, 0.2) is 12.1 Å². The maximum absolute atomic E-state index is 13.1. The third-order valence-electron chi connectivity index (χ3n) is 1.96. The van der Waals surface area contributed by atoms with E-state index in [1.807, 2.05) is 0 Å². The first-order valence-corrected chi connectivity index (χ1v) is 4.15. The number of nitrogens with one attached hydrogen (secondary N) is 1. The van der Waals surface area contributed by atoms with Gasteiger partial charge in [0.2, 0.25) is 12.5 Å². The average molecular weight is 199 g/mol. The number of hydroxylamine groups is 1. The van der Waals surface area contributed by atoms with Crippen molar-refractivity contribution >= 4 is 0 Å². The first-order chi connectivity index (χ1) is 6.83. The van der Waals surface area contributed by atoms with Crippen molar-refractivity contribution in [1.29, 1.82) is 0 Å². The fourth-order valence-corrected chi connectivity index (χ4v) is 1.31. The molecule has 0 saturated carbocycles. The lowest BCUT2D eigenvalue weighted by Gasteiger charge is -2.06. The maximum atomic E-state index is 13.1. The van der Waals surface area contributed by atoms with Crippen molar-refractivity contribution in [2.45, 2.75) is 6.54 Å². The van der Waals surface area contributed by atoms with Gasteiger partial charge in [-0.05, 0) is 6.07 Å². The Morgan fingerprint density at radius 1 is 1.43 bits per heavy atom. The highest BCUT2D eigenvalue weighted by Crippen LogP contribution is 2.37. The van der Waals surface area contributed by atoms with Crippen LogP contribution >= 0.6 is 0 Å². The number of fused-ring (bicyclic) bond motifs is 1. The molecular formula is C9H10FNO3. The van der Waals surface area contributed by atoms with Gasteiger partial charge >= 0.3 is 0 Å². The fourth-order valence-electron chi connectivity index (χ4n) is 1.31. The molecule has 0 amide bonds. The molecule has 1 N–H and O–H groups in total. The number of ether oxygens (including phenoxy) is 2. The van der Waals surface area contributed by atoms with E-state index in [0.29, 0.717) is 12.3 Å². The van der Waals surface area contributed by atoms with E-state index in [9.17, 15) is 4.39 Å². The summed E-state index contributed by atoms with van der Waals surface area (Å²) in [5, 5.41) is 0. The molecule has 1 aliphatic rings. The van der Waals surface area contributed by atoms with Crippen molar-refractivity contribution in [2.24, 2.45) is 0 Å². The second kappa shape index (κ2) is 3.81. The summed E-state index contributed by atoms with van der Waals surface area (Å²) in [6.45, 7) is 0.513. The number of halogens is 1. The smallest absolute Gasteiger partial charge is 0.231 e. The van der Waals surface area contributed by atoms with Crippen LogP contribution in [-0.2, 0) is 11.4 Å². The SMILES string of the molecule is CONCc1ccc(F)c2c1OCO2. The second-order valence-electron chi connectivity index (χ2n) is 2.80. The quantitative estimate of drug-likeness (QED) is 0.742. The van der Waals surface area contributed by atoms with E-state index < -0.39 is 5.82 Å². The molecule has 0 unspecified atom stereocenters. The van der Waals surface area contributed by atoms with Crippen LogP contribution in [0, 0.1) is 5.82 Å². The van der Waals surface area contributed by atoms with Crippen molar-refractivity contribution < 1.29 is 18.7 Å². The monoisotopic (exact) mass is 199 g/mol. The largest absolute Gasteiger partial charge is 0.453 e. The van der Waals surface area contributed by atoms with Crippen molar-refractivity contribution in [3.8, 4) is 11.5 Å². The van der Waals surface area contributed by atoms with E-state index in [1.165, 1.54) is 13.2 Å². The van der Waals surface area contributed by atoms with E-state index in [0.717, 1.165) is 5.56 Å². The molecule has 0 bridgehead atoms. The molecule has 0 aliphatic carbocycles.